The highest BCUT2D eigenvalue weighted by molar-refractivity contribution is 6.30. The van der Waals surface area contributed by atoms with Crippen LogP contribution in [-0.2, 0) is 0 Å². The number of para-hydroxylation sites is 2. The number of pyridine rings is 1. The summed E-state index contributed by atoms with van der Waals surface area (Å²) in [5, 5.41) is 6.57. The lowest BCUT2D eigenvalue weighted by Crippen LogP contribution is -2.12. The largest absolute Gasteiger partial charge is 0.495 e. The van der Waals surface area contributed by atoms with Crippen LogP contribution < -0.4 is 15.4 Å². The van der Waals surface area contributed by atoms with E-state index in [-0.39, 0.29) is 5.91 Å². The highest BCUT2D eigenvalue weighted by atomic mass is 35.5. The lowest BCUT2D eigenvalue weighted by Gasteiger charge is -2.10. The van der Waals surface area contributed by atoms with Gasteiger partial charge in [-0.2, -0.15) is 0 Å². The number of nitrogens with zero attached hydrogens (tertiary/aromatic N) is 1. The predicted octanol–water partition coefficient (Wildman–Crippen LogP) is 4.74. The molecule has 0 aliphatic rings. The van der Waals surface area contributed by atoms with Crippen LogP contribution in [0.15, 0.2) is 66.9 Å². The molecule has 5 nitrogen and oxygen atoms in total. The highest BCUT2D eigenvalue weighted by Gasteiger charge is 2.08. The Bertz CT molecular complexity index is 865. The first-order valence-electron chi connectivity index (χ1n) is 7.59. The summed E-state index contributed by atoms with van der Waals surface area (Å²) < 4.78 is 5.29. The van der Waals surface area contributed by atoms with Crippen LogP contribution in [0.4, 0.5) is 17.2 Å². The molecule has 0 aliphatic heterocycles. The van der Waals surface area contributed by atoms with Crippen molar-refractivity contribution in [3.63, 3.8) is 0 Å². The first-order chi connectivity index (χ1) is 12.2. The summed E-state index contributed by atoms with van der Waals surface area (Å²) in [5.74, 6) is 1.10. The predicted molar refractivity (Wildman–Crippen MR) is 99.9 cm³/mol. The van der Waals surface area contributed by atoms with Crippen molar-refractivity contribution in [2.75, 3.05) is 17.7 Å². The van der Waals surface area contributed by atoms with Gasteiger partial charge in [0, 0.05) is 16.9 Å². The quantitative estimate of drug-likeness (QED) is 0.695. The lowest BCUT2D eigenvalue weighted by molar-refractivity contribution is 0.102. The molecule has 0 bridgehead atoms. The maximum absolute atomic E-state index is 12.2. The molecule has 25 heavy (non-hydrogen) atoms. The second-order valence-electron chi connectivity index (χ2n) is 5.22. The zero-order valence-electron chi connectivity index (χ0n) is 13.5. The molecule has 0 saturated heterocycles. The molecule has 0 spiro atoms. The average Bonchev–Trinajstić information content (AvgIpc) is 2.64. The molecule has 0 aliphatic carbocycles. The number of anilines is 3. The molecule has 1 aromatic heterocycles. The Morgan fingerprint density at radius 3 is 2.48 bits per heavy atom. The molecule has 1 amide bonds. The van der Waals surface area contributed by atoms with Gasteiger partial charge in [-0.1, -0.05) is 23.7 Å². The number of methoxy groups -OCH3 is 1. The van der Waals surface area contributed by atoms with Gasteiger partial charge in [-0.3, -0.25) is 4.79 Å². The number of aromatic nitrogens is 1. The molecule has 0 unspecified atom stereocenters. The van der Waals surface area contributed by atoms with E-state index >= 15 is 0 Å². The molecule has 2 N–H and O–H groups in total. The minimum absolute atomic E-state index is 0.237. The summed E-state index contributed by atoms with van der Waals surface area (Å²) in [6.07, 6.45) is 1.52. The Morgan fingerprint density at radius 1 is 1.04 bits per heavy atom. The average molecular weight is 354 g/mol. The van der Waals surface area contributed by atoms with Gasteiger partial charge in [0.1, 0.15) is 11.6 Å². The SMILES string of the molecule is COc1ccccc1Nc1ccc(C(=O)Nc2ccc(Cl)cc2)cn1. The number of hydrogen-bond donors (Lipinski definition) is 2. The van der Waals surface area contributed by atoms with E-state index in [0.29, 0.717) is 27.8 Å². The number of ether oxygens (including phenoxy) is 1. The third kappa shape index (κ3) is 4.28. The van der Waals surface area contributed by atoms with Crippen molar-refractivity contribution in [1.82, 2.24) is 4.98 Å². The normalized spacial score (nSPS) is 10.2. The smallest absolute Gasteiger partial charge is 0.257 e. The Hall–Kier alpha value is -3.05. The van der Waals surface area contributed by atoms with Crippen molar-refractivity contribution in [1.29, 1.82) is 0 Å². The second-order valence-corrected chi connectivity index (χ2v) is 5.65. The molecule has 3 rings (SSSR count). The molecule has 126 valence electrons. The number of benzene rings is 2. The highest BCUT2D eigenvalue weighted by Crippen LogP contribution is 2.26. The van der Waals surface area contributed by atoms with Gasteiger partial charge >= 0.3 is 0 Å². The molecule has 2 aromatic carbocycles. The van der Waals surface area contributed by atoms with Gasteiger partial charge in [0.25, 0.3) is 5.91 Å². The first-order valence-corrected chi connectivity index (χ1v) is 7.96. The Balaban J connectivity index is 1.69. The van der Waals surface area contributed by atoms with E-state index < -0.39 is 0 Å². The number of hydrogen-bond acceptors (Lipinski definition) is 4. The fraction of sp³-hybridized carbons (Fsp3) is 0.0526. The molecule has 0 saturated carbocycles. The summed E-state index contributed by atoms with van der Waals surface area (Å²) >= 11 is 5.83. The van der Waals surface area contributed by atoms with Crippen LogP contribution >= 0.6 is 11.6 Å². The third-order valence-electron chi connectivity index (χ3n) is 3.50. The van der Waals surface area contributed by atoms with E-state index in [2.05, 4.69) is 15.6 Å². The maximum atomic E-state index is 12.2. The standard InChI is InChI=1S/C19H16ClN3O2/c1-25-17-5-3-2-4-16(17)23-18-11-6-13(12-21-18)19(24)22-15-9-7-14(20)8-10-15/h2-12H,1H3,(H,21,23)(H,22,24). The van der Waals surface area contributed by atoms with Gasteiger partial charge in [-0.05, 0) is 48.5 Å². The number of carbonyl (C=O) groups is 1. The summed E-state index contributed by atoms with van der Waals surface area (Å²) in [6.45, 7) is 0. The topological polar surface area (TPSA) is 63.2 Å². The Morgan fingerprint density at radius 2 is 1.80 bits per heavy atom. The van der Waals surface area contributed by atoms with E-state index in [9.17, 15) is 4.79 Å². The van der Waals surface area contributed by atoms with E-state index in [0.717, 1.165) is 5.69 Å². The van der Waals surface area contributed by atoms with Crippen LogP contribution in [0.1, 0.15) is 10.4 Å². The lowest BCUT2D eigenvalue weighted by atomic mass is 10.2. The molecule has 3 aromatic rings. The van der Waals surface area contributed by atoms with Gasteiger partial charge in [0.2, 0.25) is 0 Å². The fourth-order valence-electron chi connectivity index (χ4n) is 2.22. The van der Waals surface area contributed by atoms with Gasteiger partial charge < -0.3 is 15.4 Å². The van der Waals surface area contributed by atoms with E-state index in [1.54, 1.807) is 43.5 Å². The van der Waals surface area contributed by atoms with Crippen LogP contribution in [0.5, 0.6) is 5.75 Å². The maximum Gasteiger partial charge on any atom is 0.257 e. The van der Waals surface area contributed by atoms with E-state index in [4.69, 9.17) is 16.3 Å². The van der Waals surface area contributed by atoms with Gasteiger partial charge in [-0.15, -0.1) is 0 Å². The Kier molecular flexibility index (Phi) is 5.16. The van der Waals surface area contributed by atoms with Crippen LogP contribution in [0, 0.1) is 0 Å². The third-order valence-corrected chi connectivity index (χ3v) is 3.75. The van der Waals surface area contributed by atoms with Crippen molar-refractivity contribution < 1.29 is 9.53 Å². The Labute approximate surface area is 150 Å². The molecule has 0 atom stereocenters. The molecule has 0 fully saturated rings. The van der Waals surface area contributed by atoms with Crippen LogP contribution in [0.2, 0.25) is 5.02 Å². The molecule has 1 heterocycles. The van der Waals surface area contributed by atoms with E-state index in [1.165, 1.54) is 6.20 Å². The number of amides is 1. The van der Waals surface area contributed by atoms with Crippen LogP contribution in [0.25, 0.3) is 0 Å². The zero-order valence-corrected chi connectivity index (χ0v) is 14.2. The number of rotatable bonds is 5. The number of nitrogens with one attached hydrogen (secondary N) is 2. The summed E-state index contributed by atoms with van der Waals surface area (Å²) in [4.78, 5) is 16.5. The molecule has 0 radical (unpaired) electrons. The van der Waals surface area contributed by atoms with Crippen molar-refractivity contribution in [3.05, 3.63) is 77.4 Å². The number of halogens is 1. The monoisotopic (exact) mass is 353 g/mol. The van der Waals surface area contributed by atoms with Crippen LogP contribution in [0.3, 0.4) is 0 Å². The first kappa shape index (κ1) is 16.8. The minimum atomic E-state index is -0.237. The van der Waals surface area contributed by atoms with Crippen molar-refractivity contribution >= 4 is 34.7 Å². The second kappa shape index (κ2) is 7.68. The fourth-order valence-corrected chi connectivity index (χ4v) is 2.35. The van der Waals surface area contributed by atoms with Crippen molar-refractivity contribution in [2.45, 2.75) is 0 Å². The summed E-state index contributed by atoms with van der Waals surface area (Å²) in [7, 11) is 1.61. The van der Waals surface area contributed by atoms with Crippen molar-refractivity contribution in [3.8, 4) is 5.75 Å². The van der Waals surface area contributed by atoms with Crippen molar-refractivity contribution in [2.24, 2.45) is 0 Å². The molecular weight excluding hydrogens is 338 g/mol. The summed E-state index contributed by atoms with van der Waals surface area (Å²) in [5.41, 5.74) is 1.93. The van der Waals surface area contributed by atoms with Gasteiger partial charge in [0.05, 0.1) is 18.4 Å². The van der Waals surface area contributed by atoms with Crippen LogP contribution in [-0.4, -0.2) is 18.0 Å². The number of carbonyl (C=O) groups excluding carboxylic acids is 1. The van der Waals surface area contributed by atoms with E-state index in [1.807, 2.05) is 24.3 Å². The molecule has 6 heteroatoms. The summed E-state index contributed by atoms with van der Waals surface area (Å²) in [6, 6.07) is 17.9. The zero-order chi connectivity index (χ0) is 17.6. The van der Waals surface area contributed by atoms with Gasteiger partial charge in [0.15, 0.2) is 0 Å². The molecular formula is C19H16ClN3O2. The van der Waals surface area contributed by atoms with Gasteiger partial charge in [-0.25, -0.2) is 4.98 Å². The minimum Gasteiger partial charge on any atom is -0.495 e.